The Bertz CT molecular complexity index is 431. The van der Waals surface area contributed by atoms with Crippen molar-refractivity contribution >= 4 is 33.4 Å². The molecule has 1 aromatic rings. The molecule has 2 nitrogen and oxygen atoms in total. The van der Waals surface area contributed by atoms with Gasteiger partial charge in [-0.2, -0.15) is 0 Å². The van der Waals surface area contributed by atoms with Gasteiger partial charge in [-0.1, -0.05) is 15.9 Å². The summed E-state index contributed by atoms with van der Waals surface area (Å²) in [6, 6.07) is 3.77. The van der Waals surface area contributed by atoms with Gasteiger partial charge in [0.25, 0.3) is 12.3 Å². The van der Waals surface area contributed by atoms with E-state index in [0.29, 0.717) is 4.47 Å². The molecule has 100 valence electrons. The van der Waals surface area contributed by atoms with Gasteiger partial charge < -0.3 is 4.90 Å². The van der Waals surface area contributed by atoms with Crippen molar-refractivity contribution in [3.05, 3.63) is 34.1 Å². The first-order chi connectivity index (χ1) is 8.45. The molecule has 18 heavy (non-hydrogen) atoms. The summed E-state index contributed by atoms with van der Waals surface area (Å²) in [6.07, 6.45) is -2.69. The maximum Gasteiger partial charge on any atom is 0.257 e. The molecule has 0 saturated heterocycles. The highest BCUT2D eigenvalue weighted by molar-refractivity contribution is 9.10. The molecule has 0 heterocycles. The third kappa shape index (κ3) is 4.17. The summed E-state index contributed by atoms with van der Waals surface area (Å²) in [7, 11) is 0. The van der Waals surface area contributed by atoms with Crippen LogP contribution in [0.5, 0.6) is 0 Å². The Balaban J connectivity index is 2.97. The zero-order valence-corrected chi connectivity index (χ0v) is 11.5. The van der Waals surface area contributed by atoms with Gasteiger partial charge in [0.05, 0.1) is 12.1 Å². The fraction of sp³-hybridized carbons (Fsp3) is 0.364. The number of hydrogen-bond donors (Lipinski definition) is 0. The summed E-state index contributed by atoms with van der Waals surface area (Å²) in [6.45, 7) is -0.825. The van der Waals surface area contributed by atoms with E-state index >= 15 is 0 Å². The van der Waals surface area contributed by atoms with Crippen molar-refractivity contribution in [3.8, 4) is 0 Å². The predicted octanol–water partition coefficient (Wildman–Crippen LogP) is 3.53. The molecule has 0 fully saturated rings. The zero-order valence-electron chi connectivity index (χ0n) is 9.18. The van der Waals surface area contributed by atoms with Crippen LogP contribution in [0.3, 0.4) is 0 Å². The smallest absolute Gasteiger partial charge is 0.257 e. The van der Waals surface area contributed by atoms with Gasteiger partial charge >= 0.3 is 0 Å². The lowest BCUT2D eigenvalue weighted by molar-refractivity contribution is 0.0567. The van der Waals surface area contributed by atoms with Gasteiger partial charge in [0.2, 0.25) is 0 Å². The second-order valence-electron chi connectivity index (χ2n) is 3.46. The van der Waals surface area contributed by atoms with Gasteiger partial charge in [0.1, 0.15) is 5.82 Å². The van der Waals surface area contributed by atoms with Crippen LogP contribution >= 0.6 is 27.5 Å². The molecule has 0 bridgehead atoms. The Morgan fingerprint density at radius 3 is 2.67 bits per heavy atom. The first-order valence-corrected chi connectivity index (χ1v) is 6.37. The molecule has 1 aromatic carbocycles. The number of amides is 1. The molecule has 0 radical (unpaired) electrons. The van der Waals surface area contributed by atoms with Crippen LogP contribution in [0.25, 0.3) is 0 Å². The molecule has 0 atom stereocenters. The Hall–Kier alpha value is -0.750. The van der Waals surface area contributed by atoms with Gasteiger partial charge in [-0.25, -0.2) is 13.2 Å². The van der Waals surface area contributed by atoms with E-state index in [4.69, 9.17) is 11.6 Å². The van der Waals surface area contributed by atoms with E-state index in [-0.39, 0.29) is 18.0 Å². The predicted molar refractivity (Wildman–Crippen MR) is 66.7 cm³/mol. The molecule has 0 saturated carbocycles. The highest BCUT2D eigenvalue weighted by Gasteiger charge is 2.22. The topological polar surface area (TPSA) is 20.3 Å². The lowest BCUT2D eigenvalue weighted by Crippen LogP contribution is -2.37. The Morgan fingerprint density at radius 1 is 1.44 bits per heavy atom. The molecule has 0 aliphatic rings. The molecule has 0 N–H and O–H groups in total. The van der Waals surface area contributed by atoms with Crippen molar-refractivity contribution in [1.29, 1.82) is 0 Å². The Morgan fingerprint density at radius 2 is 2.11 bits per heavy atom. The maximum absolute atomic E-state index is 13.5. The van der Waals surface area contributed by atoms with E-state index in [1.807, 2.05) is 0 Å². The molecule has 7 heteroatoms. The third-order valence-electron chi connectivity index (χ3n) is 2.16. The number of halogens is 5. The summed E-state index contributed by atoms with van der Waals surface area (Å²) in [5, 5.41) is 0. The minimum Gasteiger partial charge on any atom is -0.332 e. The van der Waals surface area contributed by atoms with Crippen LogP contribution in [0, 0.1) is 5.82 Å². The fourth-order valence-corrected chi connectivity index (χ4v) is 1.94. The second kappa shape index (κ2) is 6.99. The molecular weight excluding hydrogens is 334 g/mol. The Labute approximate surface area is 116 Å². The third-order valence-corrected chi connectivity index (χ3v) is 2.82. The van der Waals surface area contributed by atoms with E-state index in [2.05, 4.69) is 15.9 Å². The van der Waals surface area contributed by atoms with Crippen molar-refractivity contribution in [2.24, 2.45) is 0 Å². The van der Waals surface area contributed by atoms with E-state index in [1.165, 1.54) is 12.1 Å². The molecule has 1 amide bonds. The molecule has 1 rings (SSSR count). The molecule has 0 aliphatic heterocycles. The normalized spacial score (nSPS) is 10.8. The SMILES string of the molecule is O=C(c1cc(Br)ccc1F)N(CCCl)CC(F)F. The highest BCUT2D eigenvalue weighted by atomic mass is 79.9. The van der Waals surface area contributed by atoms with Crippen LogP contribution in [-0.2, 0) is 0 Å². The number of hydrogen-bond acceptors (Lipinski definition) is 1. The van der Waals surface area contributed by atoms with Crippen LogP contribution in [0.2, 0.25) is 0 Å². The number of rotatable bonds is 5. The van der Waals surface area contributed by atoms with Gasteiger partial charge in [-0.15, -0.1) is 11.6 Å². The average Bonchev–Trinajstić information content (AvgIpc) is 2.30. The summed E-state index contributed by atoms with van der Waals surface area (Å²) in [4.78, 5) is 12.8. The molecular formula is C11H10BrClF3NO. The number of carbonyl (C=O) groups is 1. The molecule has 0 unspecified atom stereocenters. The van der Waals surface area contributed by atoms with Crippen molar-refractivity contribution in [1.82, 2.24) is 4.90 Å². The van der Waals surface area contributed by atoms with E-state index < -0.39 is 24.7 Å². The van der Waals surface area contributed by atoms with Crippen LogP contribution in [0.1, 0.15) is 10.4 Å². The molecule has 0 aliphatic carbocycles. The van der Waals surface area contributed by atoms with Crippen LogP contribution < -0.4 is 0 Å². The standard InChI is InChI=1S/C11H10BrClF3NO/c12-7-1-2-9(14)8(5-7)11(18)17(4-3-13)6-10(15)16/h1-2,5,10H,3-4,6H2. The monoisotopic (exact) mass is 343 g/mol. The van der Waals surface area contributed by atoms with Crippen LogP contribution in [0.15, 0.2) is 22.7 Å². The lowest BCUT2D eigenvalue weighted by Gasteiger charge is -2.21. The van der Waals surface area contributed by atoms with Crippen molar-refractivity contribution < 1.29 is 18.0 Å². The summed E-state index contributed by atoms with van der Waals surface area (Å²) in [5.41, 5.74) is -0.254. The van der Waals surface area contributed by atoms with E-state index in [0.717, 1.165) is 11.0 Å². The van der Waals surface area contributed by atoms with E-state index in [9.17, 15) is 18.0 Å². The maximum atomic E-state index is 13.5. The summed E-state index contributed by atoms with van der Waals surface area (Å²) >= 11 is 8.53. The lowest BCUT2D eigenvalue weighted by atomic mass is 10.2. The number of carbonyl (C=O) groups excluding carboxylic acids is 1. The molecule has 0 spiro atoms. The Kier molecular flexibility index (Phi) is 5.95. The number of nitrogens with zero attached hydrogens (tertiary/aromatic N) is 1. The van der Waals surface area contributed by atoms with Crippen LogP contribution in [0.4, 0.5) is 13.2 Å². The second-order valence-corrected chi connectivity index (χ2v) is 4.75. The largest absolute Gasteiger partial charge is 0.332 e. The summed E-state index contributed by atoms with van der Waals surface area (Å²) in [5.74, 6) is -1.54. The van der Waals surface area contributed by atoms with Gasteiger partial charge in [-0.05, 0) is 18.2 Å². The van der Waals surface area contributed by atoms with Gasteiger partial charge in [0.15, 0.2) is 0 Å². The number of benzene rings is 1. The minimum atomic E-state index is -2.69. The van der Waals surface area contributed by atoms with Gasteiger partial charge in [0, 0.05) is 16.9 Å². The number of alkyl halides is 3. The van der Waals surface area contributed by atoms with Crippen molar-refractivity contribution in [2.45, 2.75) is 6.43 Å². The first kappa shape index (κ1) is 15.3. The van der Waals surface area contributed by atoms with Crippen LogP contribution in [-0.4, -0.2) is 36.2 Å². The average molecular weight is 345 g/mol. The minimum absolute atomic E-state index is 0.00802. The quantitative estimate of drug-likeness (QED) is 0.748. The van der Waals surface area contributed by atoms with Crippen molar-refractivity contribution in [3.63, 3.8) is 0 Å². The summed E-state index contributed by atoms with van der Waals surface area (Å²) < 4.78 is 38.6. The molecule has 0 aromatic heterocycles. The first-order valence-electron chi connectivity index (χ1n) is 5.04. The van der Waals surface area contributed by atoms with E-state index in [1.54, 1.807) is 0 Å². The van der Waals surface area contributed by atoms with Crippen molar-refractivity contribution in [2.75, 3.05) is 19.0 Å². The zero-order chi connectivity index (χ0) is 13.7. The highest BCUT2D eigenvalue weighted by Crippen LogP contribution is 2.18. The fourth-order valence-electron chi connectivity index (χ4n) is 1.38. The van der Waals surface area contributed by atoms with Gasteiger partial charge in [-0.3, -0.25) is 4.79 Å².